The Morgan fingerprint density at radius 2 is 1.67 bits per heavy atom. The average molecular weight is 208 g/mol. The maximum Gasteiger partial charge on any atom is 0.124 e. The lowest BCUT2D eigenvalue weighted by Crippen LogP contribution is -2.08. The largest absolute Gasteiger partial charge is 0.496 e. The van der Waals surface area contributed by atoms with Crippen LogP contribution in [0.15, 0.2) is 12.1 Å². The molecule has 0 radical (unpaired) electrons. The SMILES string of the molecule is COc1cc(C)c(C)cc1C(O)C(C)C. The lowest BCUT2D eigenvalue weighted by molar-refractivity contribution is 0.123. The van der Waals surface area contributed by atoms with Gasteiger partial charge in [-0.25, -0.2) is 0 Å². The first-order chi connectivity index (χ1) is 6.97. The molecule has 0 aliphatic carbocycles. The van der Waals surface area contributed by atoms with Crippen molar-refractivity contribution in [1.29, 1.82) is 0 Å². The molecular weight excluding hydrogens is 188 g/mol. The molecule has 2 nitrogen and oxygen atoms in total. The molecule has 15 heavy (non-hydrogen) atoms. The van der Waals surface area contributed by atoms with Crippen LogP contribution in [0.5, 0.6) is 5.75 Å². The van der Waals surface area contributed by atoms with Gasteiger partial charge in [0, 0.05) is 5.56 Å². The Bertz CT molecular complexity index is 343. The lowest BCUT2D eigenvalue weighted by Gasteiger charge is -2.19. The van der Waals surface area contributed by atoms with Crippen molar-refractivity contribution in [2.75, 3.05) is 7.11 Å². The first kappa shape index (κ1) is 12.1. The zero-order valence-corrected chi connectivity index (χ0v) is 10.2. The zero-order chi connectivity index (χ0) is 11.6. The number of hydrogen-bond acceptors (Lipinski definition) is 2. The van der Waals surface area contributed by atoms with E-state index in [1.54, 1.807) is 7.11 Å². The van der Waals surface area contributed by atoms with Gasteiger partial charge in [-0.1, -0.05) is 13.8 Å². The number of aliphatic hydroxyl groups excluding tert-OH is 1. The Balaban J connectivity index is 3.21. The molecular formula is C13H20O2. The van der Waals surface area contributed by atoms with Crippen LogP contribution in [0, 0.1) is 19.8 Å². The van der Waals surface area contributed by atoms with Crippen LogP contribution in [0.4, 0.5) is 0 Å². The molecule has 1 aromatic carbocycles. The molecule has 1 rings (SSSR count). The van der Waals surface area contributed by atoms with Gasteiger partial charge in [0.15, 0.2) is 0 Å². The standard InChI is InChI=1S/C13H20O2/c1-8(2)13(14)11-6-9(3)10(4)7-12(11)15-5/h6-8,13-14H,1-5H3. The van der Waals surface area contributed by atoms with Crippen LogP contribution in [-0.2, 0) is 0 Å². The van der Waals surface area contributed by atoms with E-state index in [-0.39, 0.29) is 5.92 Å². The first-order valence-corrected chi connectivity index (χ1v) is 5.30. The summed E-state index contributed by atoms with van der Waals surface area (Å²) in [5.41, 5.74) is 3.26. The summed E-state index contributed by atoms with van der Waals surface area (Å²) in [6.07, 6.45) is -0.459. The van der Waals surface area contributed by atoms with Gasteiger partial charge in [0.25, 0.3) is 0 Å². The maximum absolute atomic E-state index is 10.0. The molecule has 1 N–H and O–H groups in total. The summed E-state index contributed by atoms with van der Waals surface area (Å²) < 4.78 is 5.29. The summed E-state index contributed by atoms with van der Waals surface area (Å²) in [6.45, 7) is 8.09. The van der Waals surface area contributed by atoms with E-state index in [9.17, 15) is 5.11 Å². The molecule has 0 aliphatic rings. The smallest absolute Gasteiger partial charge is 0.124 e. The minimum Gasteiger partial charge on any atom is -0.496 e. The third-order valence-corrected chi connectivity index (χ3v) is 2.80. The first-order valence-electron chi connectivity index (χ1n) is 5.30. The Kier molecular flexibility index (Phi) is 3.75. The summed E-state index contributed by atoms with van der Waals surface area (Å²) in [5.74, 6) is 0.973. The fraction of sp³-hybridized carbons (Fsp3) is 0.538. The third kappa shape index (κ3) is 2.51. The highest BCUT2D eigenvalue weighted by Crippen LogP contribution is 2.32. The molecule has 2 heteroatoms. The van der Waals surface area contributed by atoms with Crippen molar-refractivity contribution >= 4 is 0 Å². The van der Waals surface area contributed by atoms with Crippen LogP contribution in [-0.4, -0.2) is 12.2 Å². The van der Waals surface area contributed by atoms with E-state index in [0.29, 0.717) is 0 Å². The Morgan fingerprint density at radius 1 is 1.13 bits per heavy atom. The molecule has 0 spiro atoms. The monoisotopic (exact) mass is 208 g/mol. The van der Waals surface area contributed by atoms with E-state index in [0.717, 1.165) is 11.3 Å². The molecule has 0 aliphatic heterocycles. The Morgan fingerprint density at radius 3 is 2.13 bits per heavy atom. The van der Waals surface area contributed by atoms with Gasteiger partial charge >= 0.3 is 0 Å². The fourth-order valence-electron chi connectivity index (χ4n) is 1.58. The third-order valence-electron chi connectivity index (χ3n) is 2.80. The van der Waals surface area contributed by atoms with E-state index in [1.165, 1.54) is 11.1 Å². The number of aryl methyl sites for hydroxylation is 2. The second kappa shape index (κ2) is 4.67. The quantitative estimate of drug-likeness (QED) is 0.827. The van der Waals surface area contributed by atoms with Crippen molar-refractivity contribution in [2.24, 2.45) is 5.92 Å². The van der Waals surface area contributed by atoms with Gasteiger partial charge in [0.05, 0.1) is 13.2 Å². The highest BCUT2D eigenvalue weighted by Gasteiger charge is 2.17. The van der Waals surface area contributed by atoms with Gasteiger partial charge in [-0.15, -0.1) is 0 Å². The Hall–Kier alpha value is -1.02. The van der Waals surface area contributed by atoms with E-state index >= 15 is 0 Å². The second-order valence-electron chi connectivity index (χ2n) is 4.37. The second-order valence-corrected chi connectivity index (χ2v) is 4.37. The normalized spacial score (nSPS) is 13.0. The molecule has 0 aromatic heterocycles. The van der Waals surface area contributed by atoms with Crippen LogP contribution >= 0.6 is 0 Å². The summed E-state index contributed by atoms with van der Waals surface area (Å²) in [7, 11) is 1.64. The summed E-state index contributed by atoms with van der Waals surface area (Å²) in [5, 5.41) is 10.0. The minimum absolute atomic E-state index is 0.195. The van der Waals surface area contributed by atoms with Gasteiger partial charge < -0.3 is 9.84 Å². The molecule has 0 fully saturated rings. The van der Waals surface area contributed by atoms with Crippen LogP contribution in [0.25, 0.3) is 0 Å². The maximum atomic E-state index is 10.0. The number of benzene rings is 1. The number of hydrogen-bond donors (Lipinski definition) is 1. The van der Waals surface area contributed by atoms with E-state index in [4.69, 9.17) is 4.74 Å². The van der Waals surface area contributed by atoms with Crippen LogP contribution in [0.2, 0.25) is 0 Å². The molecule has 1 aromatic rings. The van der Waals surface area contributed by atoms with Gasteiger partial charge in [0.1, 0.15) is 5.75 Å². The topological polar surface area (TPSA) is 29.5 Å². The Labute approximate surface area is 91.9 Å². The summed E-state index contributed by atoms with van der Waals surface area (Å²) >= 11 is 0. The van der Waals surface area contributed by atoms with Crippen LogP contribution < -0.4 is 4.74 Å². The molecule has 0 heterocycles. The van der Waals surface area contributed by atoms with Crippen molar-refractivity contribution in [2.45, 2.75) is 33.8 Å². The van der Waals surface area contributed by atoms with Gasteiger partial charge in [-0.2, -0.15) is 0 Å². The van der Waals surface area contributed by atoms with Gasteiger partial charge in [-0.05, 0) is 43.0 Å². The van der Waals surface area contributed by atoms with Gasteiger partial charge in [0.2, 0.25) is 0 Å². The molecule has 1 unspecified atom stereocenters. The predicted octanol–water partition coefficient (Wildman–Crippen LogP) is 3.00. The van der Waals surface area contributed by atoms with E-state index in [1.807, 2.05) is 39.8 Å². The lowest BCUT2D eigenvalue weighted by atomic mass is 9.95. The van der Waals surface area contributed by atoms with Crippen LogP contribution in [0.1, 0.15) is 36.6 Å². The average Bonchev–Trinajstić information content (AvgIpc) is 2.20. The summed E-state index contributed by atoms with van der Waals surface area (Å²) in [6, 6.07) is 4.00. The zero-order valence-electron chi connectivity index (χ0n) is 10.2. The predicted molar refractivity (Wildman–Crippen MR) is 62.3 cm³/mol. The molecule has 0 bridgehead atoms. The number of methoxy groups -OCH3 is 1. The van der Waals surface area contributed by atoms with E-state index in [2.05, 4.69) is 0 Å². The van der Waals surface area contributed by atoms with Crippen molar-refractivity contribution in [3.8, 4) is 5.75 Å². The van der Waals surface area contributed by atoms with Crippen molar-refractivity contribution < 1.29 is 9.84 Å². The molecule has 1 atom stereocenters. The number of ether oxygens (including phenoxy) is 1. The minimum atomic E-state index is -0.459. The van der Waals surface area contributed by atoms with Crippen molar-refractivity contribution in [3.05, 3.63) is 28.8 Å². The number of aliphatic hydroxyl groups is 1. The summed E-state index contributed by atoms with van der Waals surface area (Å²) in [4.78, 5) is 0. The highest BCUT2D eigenvalue weighted by atomic mass is 16.5. The van der Waals surface area contributed by atoms with E-state index < -0.39 is 6.10 Å². The highest BCUT2D eigenvalue weighted by molar-refractivity contribution is 5.43. The molecule has 0 amide bonds. The number of rotatable bonds is 3. The molecule has 0 saturated carbocycles. The van der Waals surface area contributed by atoms with Crippen molar-refractivity contribution in [1.82, 2.24) is 0 Å². The molecule has 84 valence electrons. The van der Waals surface area contributed by atoms with Crippen LogP contribution in [0.3, 0.4) is 0 Å². The molecule has 0 saturated heterocycles. The van der Waals surface area contributed by atoms with Gasteiger partial charge in [-0.3, -0.25) is 0 Å². The fourth-order valence-corrected chi connectivity index (χ4v) is 1.58. The van der Waals surface area contributed by atoms with Crippen molar-refractivity contribution in [3.63, 3.8) is 0 Å².